The van der Waals surface area contributed by atoms with Gasteiger partial charge in [-0.05, 0) is 19.0 Å². The van der Waals surface area contributed by atoms with Crippen LogP contribution in [0, 0.1) is 0 Å². The molecule has 0 saturated carbocycles. The molecule has 2 atom stereocenters. The van der Waals surface area contributed by atoms with Gasteiger partial charge in [0.25, 0.3) is 0 Å². The summed E-state index contributed by atoms with van der Waals surface area (Å²) >= 11 is 4.46. The molecule has 0 bridgehead atoms. The Morgan fingerprint density at radius 2 is 2.20 bits per heavy atom. The van der Waals surface area contributed by atoms with Crippen LogP contribution in [-0.4, -0.2) is 19.8 Å². The van der Waals surface area contributed by atoms with Crippen LogP contribution in [0.25, 0.3) is 0 Å². The maximum absolute atomic E-state index is 5.79. The number of thiol groups is 1. The molecule has 0 aliphatic carbocycles. The van der Waals surface area contributed by atoms with Crippen LogP contribution in [0.15, 0.2) is 0 Å². The van der Waals surface area contributed by atoms with E-state index < -0.39 is 8.32 Å². The van der Waals surface area contributed by atoms with Crippen molar-refractivity contribution >= 4 is 20.9 Å². The van der Waals surface area contributed by atoms with Gasteiger partial charge in [-0.25, -0.2) is 0 Å². The Hall–Kier alpha value is 0.527. The first-order valence-electron chi connectivity index (χ1n) is 3.97. The average molecular weight is 176 g/mol. The fourth-order valence-corrected chi connectivity index (χ4v) is 4.26. The molecule has 0 aromatic carbocycles. The van der Waals surface area contributed by atoms with Gasteiger partial charge in [-0.1, -0.05) is 13.3 Å². The van der Waals surface area contributed by atoms with Crippen molar-refractivity contribution in [3.63, 3.8) is 0 Å². The summed E-state index contributed by atoms with van der Waals surface area (Å²) in [7, 11) is -1.35. The van der Waals surface area contributed by atoms with Crippen molar-refractivity contribution in [1.82, 2.24) is 0 Å². The molecule has 0 amide bonds. The third-order valence-electron chi connectivity index (χ3n) is 2.38. The van der Waals surface area contributed by atoms with Crippen molar-refractivity contribution in [3.8, 4) is 0 Å². The highest BCUT2D eigenvalue weighted by atomic mass is 32.1. The molecule has 0 radical (unpaired) electrons. The Morgan fingerprint density at radius 1 is 1.50 bits per heavy atom. The van der Waals surface area contributed by atoms with Crippen molar-refractivity contribution < 1.29 is 4.43 Å². The Bertz CT molecular complexity index is 110. The predicted octanol–water partition coefficient (Wildman–Crippen LogP) is 2.23. The highest BCUT2D eigenvalue weighted by Crippen LogP contribution is 2.26. The minimum absolute atomic E-state index is 0.493. The van der Waals surface area contributed by atoms with Crippen LogP contribution in [0.3, 0.4) is 0 Å². The van der Waals surface area contributed by atoms with E-state index in [1.807, 2.05) is 0 Å². The van der Waals surface area contributed by atoms with Gasteiger partial charge in [0.1, 0.15) is 0 Å². The molecule has 0 aromatic heterocycles. The molecule has 1 rings (SSSR count). The quantitative estimate of drug-likeness (QED) is 0.476. The summed E-state index contributed by atoms with van der Waals surface area (Å²) < 4.78 is 5.79. The predicted molar refractivity (Wildman–Crippen MR) is 50.1 cm³/mol. The lowest BCUT2D eigenvalue weighted by molar-refractivity contribution is 0.270. The van der Waals surface area contributed by atoms with E-state index in [2.05, 4.69) is 26.1 Å². The molecule has 1 aliphatic heterocycles. The second kappa shape index (κ2) is 3.28. The topological polar surface area (TPSA) is 9.23 Å². The van der Waals surface area contributed by atoms with Crippen molar-refractivity contribution in [2.45, 2.75) is 37.2 Å². The summed E-state index contributed by atoms with van der Waals surface area (Å²) in [6.07, 6.45) is 2.61. The maximum atomic E-state index is 5.79. The van der Waals surface area contributed by atoms with Crippen LogP contribution in [-0.2, 0) is 4.43 Å². The highest BCUT2D eigenvalue weighted by molar-refractivity contribution is 7.83. The summed E-state index contributed by atoms with van der Waals surface area (Å²) in [5.41, 5.74) is 0. The molecule has 1 aliphatic rings. The zero-order valence-electron chi connectivity index (χ0n) is 6.76. The second-order valence-corrected chi connectivity index (χ2v) is 8.83. The van der Waals surface area contributed by atoms with Gasteiger partial charge in [-0.3, -0.25) is 0 Å². The van der Waals surface area contributed by atoms with E-state index in [1.165, 1.54) is 18.9 Å². The number of hydrogen-bond acceptors (Lipinski definition) is 2. The van der Waals surface area contributed by atoms with E-state index >= 15 is 0 Å². The number of rotatable bonds is 1. The van der Waals surface area contributed by atoms with E-state index in [0.717, 1.165) is 6.61 Å². The molecule has 2 unspecified atom stereocenters. The molecule has 1 saturated heterocycles. The molecule has 0 spiro atoms. The largest absolute Gasteiger partial charge is 0.416 e. The van der Waals surface area contributed by atoms with Crippen LogP contribution in [0.1, 0.15) is 19.8 Å². The highest BCUT2D eigenvalue weighted by Gasteiger charge is 2.35. The first-order valence-corrected chi connectivity index (χ1v) is 7.18. The Morgan fingerprint density at radius 3 is 2.50 bits per heavy atom. The first-order chi connectivity index (χ1) is 4.65. The van der Waals surface area contributed by atoms with Crippen LogP contribution >= 0.6 is 12.6 Å². The molecule has 1 heterocycles. The SMILES string of the molecule is CC(S)[Si]1(C)CCCCO1. The minimum atomic E-state index is -1.35. The monoisotopic (exact) mass is 176 g/mol. The van der Waals surface area contributed by atoms with Crippen LogP contribution < -0.4 is 0 Å². The van der Waals surface area contributed by atoms with Crippen LogP contribution in [0.2, 0.25) is 12.6 Å². The van der Waals surface area contributed by atoms with Gasteiger partial charge < -0.3 is 4.43 Å². The molecule has 60 valence electrons. The smallest absolute Gasteiger partial charge is 0.201 e. The first kappa shape index (κ1) is 8.62. The van der Waals surface area contributed by atoms with Gasteiger partial charge in [0.15, 0.2) is 0 Å². The molecule has 10 heavy (non-hydrogen) atoms. The van der Waals surface area contributed by atoms with Crippen LogP contribution in [0.4, 0.5) is 0 Å². The fourth-order valence-electron chi connectivity index (χ4n) is 1.29. The summed E-state index contributed by atoms with van der Waals surface area (Å²) in [6, 6.07) is 1.30. The van der Waals surface area contributed by atoms with Crippen molar-refractivity contribution in [2.75, 3.05) is 6.61 Å². The van der Waals surface area contributed by atoms with E-state index in [4.69, 9.17) is 4.43 Å². The lowest BCUT2D eigenvalue weighted by atomic mass is 10.4. The normalized spacial score (nSPS) is 37.5. The second-order valence-electron chi connectivity index (χ2n) is 3.29. The molecule has 0 aromatic rings. The Balaban J connectivity index is 2.48. The van der Waals surface area contributed by atoms with E-state index in [1.54, 1.807) is 0 Å². The fraction of sp³-hybridized carbons (Fsp3) is 1.00. The van der Waals surface area contributed by atoms with Gasteiger partial charge in [0.2, 0.25) is 8.32 Å². The molecule has 3 heteroatoms. The minimum Gasteiger partial charge on any atom is -0.416 e. The van der Waals surface area contributed by atoms with Crippen LogP contribution in [0.5, 0.6) is 0 Å². The molecule has 0 N–H and O–H groups in total. The summed E-state index contributed by atoms with van der Waals surface area (Å²) in [5.74, 6) is 0. The standard InChI is InChI=1S/C7H16OSSi/c1-7(9)10(2)6-4-3-5-8-10/h7,9H,3-6H2,1-2H3. The zero-order valence-corrected chi connectivity index (χ0v) is 8.66. The van der Waals surface area contributed by atoms with Gasteiger partial charge in [-0.2, -0.15) is 12.6 Å². The van der Waals surface area contributed by atoms with E-state index in [0.29, 0.717) is 4.87 Å². The zero-order chi connectivity index (χ0) is 7.61. The van der Waals surface area contributed by atoms with E-state index in [-0.39, 0.29) is 0 Å². The Labute approximate surface area is 69.7 Å². The lowest BCUT2D eigenvalue weighted by Crippen LogP contribution is -2.45. The summed E-state index contributed by atoms with van der Waals surface area (Å²) in [6.45, 7) is 5.44. The maximum Gasteiger partial charge on any atom is 0.201 e. The van der Waals surface area contributed by atoms with Gasteiger partial charge in [0.05, 0.1) is 0 Å². The van der Waals surface area contributed by atoms with Gasteiger partial charge >= 0.3 is 0 Å². The third kappa shape index (κ3) is 1.77. The molecular weight excluding hydrogens is 160 g/mol. The van der Waals surface area contributed by atoms with Gasteiger partial charge in [0, 0.05) is 11.5 Å². The molecular formula is C7H16OSSi. The van der Waals surface area contributed by atoms with Crippen molar-refractivity contribution in [3.05, 3.63) is 0 Å². The molecule has 1 fully saturated rings. The lowest BCUT2D eigenvalue weighted by Gasteiger charge is -2.34. The average Bonchev–Trinajstić information content (AvgIpc) is 1.89. The number of hydrogen-bond donors (Lipinski definition) is 1. The van der Waals surface area contributed by atoms with E-state index in [9.17, 15) is 0 Å². The third-order valence-corrected chi connectivity index (χ3v) is 8.00. The van der Waals surface area contributed by atoms with Crippen molar-refractivity contribution in [2.24, 2.45) is 0 Å². The van der Waals surface area contributed by atoms with Crippen molar-refractivity contribution in [1.29, 1.82) is 0 Å². The van der Waals surface area contributed by atoms with Gasteiger partial charge in [-0.15, -0.1) is 0 Å². The summed E-state index contributed by atoms with van der Waals surface area (Å²) in [5, 5.41) is 0. The summed E-state index contributed by atoms with van der Waals surface area (Å²) in [4.78, 5) is 0.493. The molecule has 1 nitrogen and oxygen atoms in total. The Kier molecular flexibility index (Phi) is 2.83.